The summed E-state index contributed by atoms with van der Waals surface area (Å²) in [5.74, 6) is 4.28. The minimum Gasteiger partial charge on any atom is -0.439 e. The van der Waals surface area contributed by atoms with Gasteiger partial charge in [0, 0.05) is 76.5 Å². The second-order valence-electron chi connectivity index (χ2n) is 20.9. The predicted molar refractivity (Wildman–Crippen MR) is 308 cm³/mol. The van der Waals surface area contributed by atoms with Crippen LogP contribution < -0.4 is 25.4 Å². The average molecular weight is 1080 g/mol. The van der Waals surface area contributed by atoms with Gasteiger partial charge in [-0.15, -0.1) is 35.7 Å². The van der Waals surface area contributed by atoms with Gasteiger partial charge in [0.25, 0.3) is 0 Å². The van der Waals surface area contributed by atoms with Crippen molar-refractivity contribution in [2.75, 3.05) is 23.0 Å². The molecule has 0 aliphatic carbocycles. The van der Waals surface area contributed by atoms with Gasteiger partial charge in [0.1, 0.15) is 22.9 Å². The molecule has 12 aromatic rings. The lowest BCUT2D eigenvalue weighted by molar-refractivity contribution is 0.432. The van der Waals surface area contributed by atoms with Crippen LogP contribution in [0.3, 0.4) is 0 Å². The molecule has 9 heterocycles. The first-order valence-electron chi connectivity index (χ1n) is 26.9. The van der Waals surface area contributed by atoms with E-state index < -0.39 is 0 Å². The second kappa shape index (κ2) is 21.3. The molecule has 3 aromatic carbocycles. The van der Waals surface area contributed by atoms with E-state index in [0.29, 0.717) is 93.9 Å². The van der Waals surface area contributed by atoms with Gasteiger partial charge in [-0.1, -0.05) is 54.6 Å². The summed E-state index contributed by atoms with van der Waals surface area (Å²) in [6, 6.07) is 32.4. The molecule has 0 unspecified atom stereocenters. The van der Waals surface area contributed by atoms with Gasteiger partial charge in [0.15, 0.2) is 17.5 Å². The third kappa shape index (κ3) is 10.4. The fourth-order valence-corrected chi connectivity index (χ4v) is 9.71. The molecular weight excluding hydrogens is 1020 g/mol. The summed E-state index contributed by atoms with van der Waals surface area (Å²) in [6.07, 6.45) is 7.20. The number of para-hydroxylation sites is 1. The molecule has 0 saturated heterocycles. The van der Waals surface area contributed by atoms with E-state index in [0.717, 1.165) is 56.3 Å². The fraction of sp³-hybridized carbons (Fsp3) is 0.276. The van der Waals surface area contributed by atoms with Crippen LogP contribution in [0.1, 0.15) is 87.4 Å². The highest BCUT2D eigenvalue weighted by molar-refractivity contribution is 5.78. The molecule has 0 fully saturated rings. The Morgan fingerprint density at radius 1 is 0.519 bits per heavy atom. The highest BCUT2D eigenvalue weighted by Crippen LogP contribution is 2.37. The molecule has 81 heavy (non-hydrogen) atoms. The Labute approximate surface area is 466 Å². The molecule has 0 radical (unpaired) electrons. The highest BCUT2D eigenvalue weighted by atomic mass is 16.5. The number of aryl methyl sites for hydroxylation is 3. The Bertz CT molecular complexity index is 4240. The SMILES string of the molecule is CNc1cc(-c2cn(C)nc2Oc2cccc(Cc3nnc4c(NC(C)C)cc(-c5cn(C(C)C)nc5Cc5ccc(Cc6nnc7c(NC(C)C)cc(-c8cnn(C)c8Oc8ccccc8)nn67)cc5)nn34)c2)nn2c(C)nnc12. The predicted octanol–water partition coefficient (Wildman–Crippen LogP) is 9.59. The van der Waals surface area contributed by atoms with Crippen LogP contribution in [0.4, 0.5) is 17.1 Å². The van der Waals surface area contributed by atoms with Crippen molar-refractivity contribution in [2.24, 2.45) is 14.1 Å². The average Bonchev–Trinajstić information content (AvgIpc) is 4.35. The van der Waals surface area contributed by atoms with Gasteiger partial charge in [-0.3, -0.25) is 9.36 Å². The smallest absolute Gasteiger partial charge is 0.247 e. The van der Waals surface area contributed by atoms with Crippen molar-refractivity contribution in [1.82, 2.24) is 88.8 Å². The van der Waals surface area contributed by atoms with E-state index in [4.69, 9.17) is 35.0 Å². The summed E-state index contributed by atoms with van der Waals surface area (Å²) in [6.45, 7) is 14.5. The summed E-state index contributed by atoms with van der Waals surface area (Å²) in [5, 5.41) is 67.1. The molecule has 0 amide bonds. The summed E-state index contributed by atoms with van der Waals surface area (Å²) < 4.78 is 23.6. The first-order valence-corrected chi connectivity index (χ1v) is 26.9. The normalized spacial score (nSPS) is 11.8. The van der Waals surface area contributed by atoms with Crippen LogP contribution >= 0.6 is 0 Å². The zero-order valence-electron chi connectivity index (χ0n) is 46.7. The topological polar surface area (TPSA) is 237 Å². The van der Waals surface area contributed by atoms with E-state index in [1.165, 1.54) is 0 Å². The Kier molecular flexibility index (Phi) is 13.6. The molecular formula is C58H61N21O2. The Balaban J connectivity index is 0.817. The monoisotopic (exact) mass is 1080 g/mol. The van der Waals surface area contributed by atoms with Crippen LogP contribution in [0.5, 0.6) is 23.3 Å². The van der Waals surface area contributed by atoms with Crippen LogP contribution in [0.2, 0.25) is 0 Å². The number of hydrogen-bond donors (Lipinski definition) is 3. The molecule has 3 N–H and O–H groups in total. The van der Waals surface area contributed by atoms with E-state index in [-0.39, 0.29) is 18.1 Å². The van der Waals surface area contributed by atoms with Crippen LogP contribution in [0.25, 0.3) is 50.7 Å². The van der Waals surface area contributed by atoms with Gasteiger partial charge in [-0.05, 0) is 108 Å². The lowest BCUT2D eigenvalue weighted by Crippen LogP contribution is -2.12. The molecule has 9 aromatic heterocycles. The number of rotatable bonds is 19. The van der Waals surface area contributed by atoms with Crippen LogP contribution in [0, 0.1) is 6.92 Å². The lowest BCUT2D eigenvalue weighted by Gasteiger charge is -2.13. The number of fused-ring (bicyclic) bond motifs is 3. The number of nitrogens with zero attached hydrogens (tertiary/aromatic N) is 18. The maximum atomic E-state index is 6.52. The minimum absolute atomic E-state index is 0.104. The first-order chi connectivity index (χ1) is 39.2. The molecule has 0 bridgehead atoms. The highest BCUT2D eigenvalue weighted by Gasteiger charge is 2.24. The first kappa shape index (κ1) is 51.7. The molecule has 0 atom stereocenters. The van der Waals surface area contributed by atoms with Gasteiger partial charge >= 0.3 is 0 Å². The molecule has 0 saturated carbocycles. The fourth-order valence-electron chi connectivity index (χ4n) is 9.71. The number of anilines is 3. The van der Waals surface area contributed by atoms with E-state index in [2.05, 4.69) is 124 Å². The van der Waals surface area contributed by atoms with Crippen molar-refractivity contribution >= 4 is 34.0 Å². The van der Waals surface area contributed by atoms with Crippen molar-refractivity contribution in [3.63, 3.8) is 0 Å². The van der Waals surface area contributed by atoms with Crippen LogP contribution in [-0.2, 0) is 33.4 Å². The van der Waals surface area contributed by atoms with Crippen molar-refractivity contribution in [3.05, 3.63) is 156 Å². The van der Waals surface area contributed by atoms with Gasteiger partial charge in [0.2, 0.25) is 28.7 Å². The molecule has 0 aliphatic rings. The molecule has 23 heteroatoms. The minimum atomic E-state index is 0.104. The number of ether oxygens (including phenoxy) is 2. The van der Waals surface area contributed by atoms with E-state index in [1.807, 2.05) is 121 Å². The van der Waals surface area contributed by atoms with Gasteiger partial charge in [-0.25, -0.2) is 4.68 Å². The molecule has 0 aliphatic heterocycles. The molecule has 410 valence electrons. The maximum Gasteiger partial charge on any atom is 0.247 e. The quantitative estimate of drug-likeness (QED) is 0.0683. The standard InChI is InChI=1S/C58H61N21O2/c1-33(2)61-50-28-46(42-30-60-75(10)58(42)81-40-16-12-11-13-17-40)71-78-52(64-67-55(50)78)25-38-21-19-37(20-22-38)24-45-43(32-76(69-45)35(5)6)47-29-51(62-34(3)4)56-68-65-53(79(56)72-47)26-39-15-14-18-41(23-39)80-57-44(31-74(9)73-57)48-27-49(59-8)54-66-63-36(7)77(54)70-48/h11-23,27-35,59,61-62H,24-26H2,1-10H3. The summed E-state index contributed by atoms with van der Waals surface area (Å²) >= 11 is 0. The van der Waals surface area contributed by atoms with Crippen molar-refractivity contribution < 1.29 is 9.47 Å². The third-order valence-electron chi connectivity index (χ3n) is 13.6. The van der Waals surface area contributed by atoms with Gasteiger partial charge in [-0.2, -0.15) is 39.0 Å². The number of aromatic nitrogens is 18. The zero-order valence-corrected chi connectivity index (χ0v) is 46.7. The van der Waals surface area contributed by atoms with Gasteiger partial charge < -0.3 is 25.4 Å². The van der Waals surface area contributed by atoms with Crippen molar-refractivity contribution in [2.45, 2.75) is 85.9 Å². The summed E-state index contributed by atoms with van der Waals surface area (Å²) in [7, 11) is 5.55. The van der Waals surface area contributed by atoms with Crippen LogP contribution in [-0.4, -0.2) is 108 Å². The largest absolute Gasteiger partial charge is 0.439 e. The van der Waals surface area contributed by atoms with E-state index >= 15 is 0 Å². The third-order valence-corrected chi connectivity index (χ3v) is 13.6. The maximum absolute atomic E-state index is 6.52. The second-order valence-corrected chi connectivity index (χ2v) is 20.9. The number of benzene rings is 3. The van der Waals surface area contributed by atoms with E-state index in [9.17, 15) is 0 Å². The van der Waals surface area contributed by atoms with Gasteiger partial charge in [0.05, 0.1) is 45.8 Å². The van der Waals surface area contributed by atoms with E-state index in [1.54, 1.807) is 20.1 Å². The van der Waals surface area contributed by atoms with Crippen molar-refractivity contribution in [1.29, 1.82) is 0 Å². The summed E-state index contributed by atoms with van der Waals surface area (Å²) in [5.41, 5.74) is 12.7. The summed E-state index contributed by atoms with van der Waals surface area (Å²) in [4.78, 5) is 0. The molecule has 0 spiro atoms. The Morgan fingerprint density at radius 2 is 1.10 bits per heavy atom. The Hall–Kier alpha value is -10.1. The van der Waals surface area contributed by atoms with Crippen molar-refractivity contribution in [3.8, 4) is 57.0 Å². The number of hydrogen-bond acceptors (Lipinski definition) is 17. The Morgan fingerprint density at radius 3 is 1.75 bits per heavy atom. The van der Waals surface area contributed by atoms with Crippen LogP contribution in [0.15, 0.2) is 116 Å². The number of nitrogens with one attached hydrogen (secondary N) is 3. The lowest BCUT2D eigenvalue weighted by atomic mass is 10.0. The molecule has 23 nitrogen and oxygen atoms in total. The molecule has 12 rings (SSSR count). The zero-order chi connectivity index (χ0) is 56.1.